The molecule has 1 atom stereocenters. The summed E-state index contributed by atoms with van der Waals surface area (Å²) in [5, 5.41) is 0. The van der Waals surface area contributed by atoms with Crippen molar-refractivity contribution in [3.8, 4) is 12.3 Å². The number of nitrogens with one attached hydrogen (secondary N) is 1. The Hall–Kier alpha value is -0.350. The second-order valence-corrected chi connectivity index (χ2v) is 6.78. The zero-order valence-electron chi connectivity index (χ0n) is 9.07. The summed E-state index contributed by atoms with van der Waals surface area (Å²) in [6.07, 6.45) is 5.78. The largest absolute Gasteiger partial charge is 0.242 e. The molecule has 0 amide bonds. The molecule has 0 bridgehead atoms. The van der Waals surface area contributed by atoms with E-state index in [9.17, 15) is 8.42 Å². The van der Waals surface area contributed by atoms with Gasteiger partial charge in [-0.3, -0.25) is 0 Å². The van der Waals surface area contributed by atoms with Gasteiger partial charge in [-0.25, -0.2) is 8.42 Å². The van der Waals surface area contributed by atoms with Crippen LogP contribution in [-0.4, -0.2) is 14.5 Å². The Morgan fingerprint density at radius 3 is 2.59 bits per heavy atom. The number of benzene rings is 1. The lowest BCUT2D eigenvalue weighted by Gasteiger charge is -2.12. The summed E-state index contributed by atoms with van der Waals surface area (Å²) < 4.78 is 27.8. The first-order chi connectivity index (χ1) is 7.90. The van der Waals surface area contributed by atoms with Gasteiger partial charge in [0, 0.05) is 8.95 Å². The van der Waals surface area contributed by atoms with E-state index in [4.69, 9.17) is 6.42 Å². The Morgan fingerprint density at radius 2 is 2.12 bits per heavy atom. The highest BCUT2D eigenvalue weighted by Gasteiger charge is 2.20. The van der Waals surface area contributed by atoms with Gasteiger partial charge in [0.2, 0.25) is 10.0 Å². The minimum absolute atomic E-state index is 0.175. The summed E-state index contributed by atoms with van der Waals surface area (Å²) in [4.78, 5) is 0.175. The van der Waals surface area contributed by atoms with Crippen LogP contribution in [0.3, 0.4) is 0 Å². The first kappa shape index (κ1) is 14.7. The third kappa shape index (κ3) is 3.81. The minimum Gasteiger partial charge on any atom is -0.207 e. The molecule has 17 heavy (non-hydrogen) atoms. The average molecular weight is 381 g/mol. The molecule has 0 saturated heterocycles. The molecular formula is C11H11Br2NO2S. The lowest BCUT2D eigenvalue weighted by molar-refractivity contribution is 0.570. The number of hydrogen-bond acceptors (Lipinski definition) is 2. The molecule has 0 spiro atoms. The molecule has 0 saturated carbocycles. The Bertz CT molecular complexity index is 549. The molecule has 1 aromatic rings. The van der Waals surface area contributed by atoms with Crippen LogP contribution in [0.15, 0.2) is 32.0 Å². The Morgan fingerprint density at radius 1 is 1.47 bits per heavy atom. The van der Waals surface area contributed by atoms with E-state index in [1.807, 2.05) is 6.92 Å². The smallest absolute Gasteiger partial charge is 0.207 e. The zero-order chi connectivity index (χ0) is 13.1. The van der Waals surface area contributed by atoms with Crippen LogP contribution in [0.4, 0.5) is 0 Å². The number of halogens is 2. The maximum absolute atomic E-state index is 12.0. The molecule has 6 heteroatoms. The summed E-state index contributed by atoms with van der Waals surface area (Å²) in [5.41, 5.74) is 0. The van der Waals surface area contributed by atoms with E-state index in [1.54, 1.807) is 12.1 Å². The summed E-state index contributed by atoms with van der Waals surface area (Å²) >= 11 is 6.48. The van der Waals surface area contributed by atoms with Crippen LogP contribution in [0, 0.1) is 12.3 Å². The number of rotatable bonds is 4. The highest BCUT2D eigenvalue weighted by molar-refractivity contribution is 9.11. The van der Waals surface area contributed by atoms with E-state index in [2.05, 4.69) is 42.5 Å². The Kier molecular flexibility index (Phi) is 5.20. The molecule has 0 aliphatic rings. The van der Waals surface area contributed by atoms with E-state index < -0.39 is 16.1 Å². The fourth-order valence-electron chi connectivity index (χ4n) is 1.18. The van der Waals surface area contributed by atoms with Crippen LogP contribution in [0.25, 0.3) is 0 Å². The highest BCUT2D eigenvalue weighted by Crippen LogP contribution is 2.25. The third-order valence-corrected chi connectivity index (χ3v) is 5.03. The van der Waals surface area contributed by atoms with Crippen molar-refractivity contribution in [2.24, 2.45) is 0 Å². The van der Waals surface area contributed by atoms with E-state index in [-0.39, 0.29) is 4.90 Å². The van der Waals surface area contributed by atoms with Crippen molar-refractivity contribution in [1.29, 1.82) is 0 Å². The summed E-state index contributed by atoms with van der Waals surface area (Å²) in [7, 11) is -3.59. The van der Waals surface area contributed by atoms with Gasteiger partial charge in [-0.1, -0.05) is 28.8 Å². The van der Waals surface area contributed by atoms with Crippen molar-refractivity contribution in [3.05, 3.63) is 27.1 Å². The highest BCUT2D eigenvalue weighted by atomic mass is 79.9. The summed E-state index contributed by atoms with van der Waals surface area (Å²) in [6, 6.07) is 4.36. The van der Waals surface area contributed by atoms with Crippen molar-refractivity contribution < 1.29 is 8.42 Å². The number of sulfonamides is 1. The molecular weight excluding hydrogens is 370 g/mol. The topological polar surface area (TPSA) is 46.2 Å². The molecule has 0 heterocycles. The molecule has 0 aliphatic heterocycles. The fraction of sp³-hybridized carbons (Fsp3) is 0.273. The lowest BCUT2D eigenvalue weighted by atomic mass is 10.3. The van der Waals surface area contributed by atoms with Crippen molar-refractivity contribution in [2.45, 2.75) is 24.3 Å². The van der Waals surface area contributed by atoms with Gasteiger partial charge in [0.05, 0.1) is 10.9 Å². The quantitative estimate of drug-likeness (QED) is 0.816. The van der Waals surface area contributed by atoms with Gasteiger partial charge in [-0.15, -0.1) is 6.42 Å². The number of hydrogen-bond donors (Lipinski definition) is 1. The second kappa shape index (κ2) is 6.01. The molecule has 1 aromatic carbocycles. The summed E-state index contributed by atoms with van der Waals surface area (Å²) in [5.74, 6) is 2.39. The summed E-state index contributed by atoms with van der Waals surface area (Å²) in [6.45, 7) is 1.82. The van der Waals surface area contributed by atoms with Crippen LogP contribution < -0.4 is 4.72 Å². The normalized spacial score (nSPS) is 13.1. The molecule has 1 rings (SSSR count). The molecule has 0 radical (unpaired) electrons. The van der Waals surface area contributed by atoms with Gasteiger partial charge < -0.3 is 0 Å². The van der Waals surface area contributed by atoms with Crippen LogP contribution >= 0.6 is 31.9 Å². The van der Waals surface area contributed by atoms with Gasteiger partial charge in [0.15, 0.2) is 0 Å². The van der Waals surface area contributed by atoms with Gasteiger partial charge in [-0.05, 0) is 40.5 Å². The maximum Gasteiger partial charge on any atom is 0.242 e. The molecule has 1 unspecified atom stereocenters. The number of terminal acetylenes is 1. The fourth-order valence-corrected chi connectivity index (χ4v) is 4.16. The molecule has 92 valence electrons. The minimum atomic E-state index is -3.59. The zero-order valence-corrected chi connectivity index (χ0v) is 13.1. The third-order valence-electron chi connectivity index (χ3n) is 2.09. The standard InChI is InChI=1S/C11H11Br2NO2S/c1-3-9(4-2)14-17(15,16)11-6-5-8(12)7-10(11)13/h1,5-7,9,14H,4H2,2H3. The van der Waals surface area contributed by atoms with Crippen molar-refractivity contribution in [1.82, 2.24) is 4.72 Å². The molecule has 1 N–H and O–H groups in total. The van der Waals surface area contributed by atoms with E-state index in [0.29, 0.717) is 10.9 Å². The van der Waals surface area contributed by atoms with Crippen LogP contribution in [-0.2, 0) is 10.0 Å². The van der Waals surface area contributed by atoms with E-state index >= 15 is 0 Å². The van der Waals surface area contributed by atoms with Gasteiger partial charge in [0.25, 0.3) is 0 Å². The van der Waals surface area contributed by atoms with E-state index in [0.717, 1.165) is 4.47 Å². The lowest BCUT2D eigenvalue weighted by Crippen LogP contribution is -2.33. The van der Waals surface area contributed by atoms with E-state index in [1.165, 1.54) is 6.07 Å². The first-order valence-corrected chi connectivity index (χ1v) is 7.91. The molecule has 0 fully saturated rings. The van der Waals surface area contributed by atoms with Gasteiger partial charge in [0.1, 0.15) is 0 Å². The SMILES string of the molecule is C#CC(CC)NS(=O)(=O)c1ccc(Br)cc1Br. The molecule has 3 nitrogen and oxygen atoms in total. The Labute approximate surface area is 118 Å². The van der Waals surface area contributed by atoms with Crippen LogP contribution in [0.5, 0.6) is 0 Å². The van der Waals surface area contributed by atoms with Gasteiger partial charge in [-0.2, -0.15) is 4.72 Å². The maximum atomic E-state index is 12.0. The Balaban J connectivity index is 3.10. The van der Waals surface area contributed by atoms with Gasteiger partial charge >= 0.3 is 0 Å². The molecule has 0 aromatic heterocycles. The predicted molar refractivity (Wildman–Crippen MR) is 75.1 cm³/mol. The van der Waals surface area contributed by atoms with Crippen molar-refractivity contribution >= 4 is 41.9 Å². The van der Waals surface area contributed by atoms with Crippen molar-refractivity contribution in [3.63, 3.8) is 0 Å². The second-order valence-electron chi connectivity index (χ2n) is 3.32. The van der Waals surface area contributed by atoms with Crippen LogP contribution in [0.1, 0.15) is 13.3 Å². The van der Waals surface area contributed by atoms with Crippen molar-refractivity contribution in [2.75, 3.05) is 0 Å². The first-order valence-electron chi connectivity index (χ1n) is 4.84. The average Bonchev–Trinajstić information content (AvgIpc) is 2.25. The monoisotopic (exact) mass is 379 g/mol. The predicted octanol–water partition coefficient (Wildman–Crippen LogP) is 2.90. The molecule has 0 aliphatic carbocycles. The van der Waals surface area contributed by atoms with Crippen LogP contribution in [0.2, 0.25) is 0 Å².